The molecule has 1 fully saturated rings. The molecule has 3 aromatic rings. The normalized spacial score (nSPS) is 13.4. The van der Waals surface area contributed by atoms with Gasteiger partial charge in [-0.2, -0.15) is 0 Å². The van der Waals surface area contributed by atoms with Crippen molar-refractivity contribution in [1.29, 1.82) is 0 Å². The van der Waals surface area contributed by atoms with Gasteiger partial charge in [0.05, 0.1) is 6.54 Å². The first-order valence-corrected chi connectivity index (χ1v) is 14.3. The molecular formula is C34H41FN2O4. The number of anilines is 1. The Morgan fingerprint density at radius 1 is 1.05 bits per heavy atom. The minimum absolute atomic E-state index is 0.138. The third kappa shape index (κ3) is 8.56. The third-order valence-corrected chi connectivity index (χ3v) is 7.09. The molecule has 6 nitrogen and oxygen atoms in total. The number of carbonyl (C=O) groups is 2. The number of nitrogens with one attached hydrogen (secondary N) is 1. The summed E-state index contributed by atoms with van der Waals surface area (Å²) in [4.78, 5) is 25.7. The molecule has 1 amide bonds. The Balaban J connectivity index is 1.35. The van der Waals surface area contributed by atoms with Gasteiger partial charge in [-0.1, -0.05) is 24.3 Å². The number of hydrogen-bond donors (Lipinski definition) is 1. The maximum absolute atomic E-state index is 14.7. The van der Waals surface area contributed by atoms with Crippen molar-refractivity contribution in [3.05, 3.63) is 82.7 Å². The van der Waals surface area contributed by atoms with Gasteiger partial charge >= 0.3 is 5.97 Å². The van der Waals surface area contributed by atoms with Crippen LogP contribution in [0.1, 0.15) is 62.3 Å². The standard InChI is InChI=1S/C34H41FN2O4/c1-23-18-29(40-17-16-37-15-7-10-31(37)38)19-24(2)33(23)27-9-6-8-25(20-27)22-36-28-13-11-26(30(35)21-28)12-14-32(39)41-34(3,4)5/h6,8-9,11,13,18-21,36H,7,10,12,14-17,22H2,1-5H3. The van der Waals surface area contributed by atoms with E-state index in [1.54, 1.807) is 6.07 Å². The highest BCUT2D eigenvalue weighted by atomic mass is 19.1. The zero-order chi connectivity index (χ0) is 29.6. The molecule has 1 heterocycles. The van der Waals surface area contributed by atoms with Crippen molar-refractivity contribution in [2.24, 2.45) is 0 Å². The van der Waals surface area contributed by atoms with Crippen molar-refractivity contribution in [1.82, 2.24) is 4.90 Å². The highest BCUT2D eigenvalue weighted by molar-refractivity contribution is 5.78. The van der Waals surface area contributed by atoms with Gasteiger partial charge < -0.3 is 19.7 Å². The van der Waals surface area contributed by atoms with Gasteiger partial charge in [-0.25, -0.2) is 4.39 Å². The fraction of sp³-hybridized carbons (Fsp3) is 0.412. The van der Waals surface area contributed by atoms with E-state index in [1.807, 2.05) is 56.0 Å². The van der Waals surface area contributed by atoms with Crippen molar-refractivity contribution >= 4 is 17.6 Å². The molecular weight excluding hydrogens is 519 g/mol. The zero-order valence-electron chi connectivity index (χ0n) is 24.8. The maximum Gasteiger partial charge on any atom is 0.306 e. The summed E-state index contributed by atoms with van der Waals surface area (Å²) >= 11 is 0. The number of aryl methyl sites for hydroxylation is 3. The summed E-state index contributed by atoms with van der Waals surface area (Å²) < 4.78 is 26.0. The number of benzene rings is 3. The van der Waals surface area contributed by atoms with E-state index in [0.29, 0.717) is 43.8 Å². The molecule has 4 rings (SSSR count). The number of likely N-dealkylation sites (tertiary alicyclic amines) is 1. The summed E-state index contributed by atoms with van der Waals surface area (Å²) in [6.07, 6.45) is 2.01. The number of rotatable bonds is 11. The third-order valence-electron chi connectivity index (χ3n) is 7.09. The molecule has 0 radical (unpaired) electrons. The molecule has 0 unspecified atom stereocenters. The Morgan fingerprint density at radius 2 is 1.80 bits per heavy atom. The molecule has 1 saturated heterocycles. The summed E-state index contributed by atoms with van der Waals surface area (Å²) in [6, 6.07) is 17.4. The van der Waals surface area contributed by atoms with E-state index >= 15 is 0 Å². The Hall–Kier alpha value is -3.87. The predicted octanol–water partition coefficient (Wildman–Crippen LogP) is 7.00. The average molecular weight is 561 g/mol. The molecule has 0 spiro atoms. The van der Waals surface area contributed by atoms with Crippen molar-refractivity contribution < 1.29 is 23.5 Å². The van der Waals surface area contributed by atoms with E-state index in [1.165, 1.54) is 6.07 Å². The highest BCUT2D eigenvalue weighted by Crippen LogP contribution is 2.32. The second-order valence-corrected chi connectivity index (χ2v) is 11.7. The van der Waals surface area contributed by atoms with Gasteiger partial charge in [-0.05, 0) is 111 Å². The van der Waals surface area contributed by atoms with Crippen LogP contribution in [0.5, 0.6) is 5.75 Å². The number of halogens is 1. The largest absolute Gasteiger partial charge is 0.492 e. The summed E-state index contributed by atoms with van der Waals surface area (Å²) in [6.45, 7) is 12.1. The van der Waals surface area contributed by atoms with E-state index in [4.69, 9.17) is 9.47 Å². The van der Waals surface area contributed by atoms with E-state index in [9.17, 15) is 14.0 Å². The lowest BCUT2D eigenvalue weighted by atomic mass is 9.94. The number of carbonyl (C=O) groups excluding carboxylic acids is 2. The van der Waals surface area contributed by atoms with Gasteiger partial charge in [0, 0.05) is 31.6 Å². The minimum Gasteiger partial charge on any atom is -0.492 e. The van der Waals surface area contributed by atoms with E-state index < -0.39 is 5.60 Å². The fourth-order valence-corrected chi connectivity index (χ4v) is 5.21. The van der Waals surface area contributed by atoms with Gasteiger partial charge in [0.1, 0.15) is 23.8 Å². The van der Waals surface area contributed by atoms with Crippen molar-refractivity contribution in [3.63, 3.8) is 0 Å². The molecule has 3 aromatic carbocycles. The molecule has 0 bridgehead atoms. The van der Waals surface area contributed by atoms with Crippen LogP contribution >= 0.6 is 0 Å². The molecule has 218 valence electrons. The molecule has 0 aliphatic carbocycles. The number of nitrogens with zero attached hydrogens (tertiary/aromatic N) is 1. The lowest BCUT2D eigenvalue weighted by molar-refractivity contribution is -0.154. The summed E-state index contributed by atoms with van der Waals surface area (Å²) in [7, 11) is 0. The van der Waals surface area contributed by atoms with Gasteiger partial charge in [0.25, 0.3) is 0 Å². The topological polar surface area (TPSA) is 67.9 Å². The SMILES string of the molecule is Cc1cc(OCCN2CCCC2=O)cc(C)c1-c1cccc(CNc2ccc(CCC(=O)OC(C)(C)C)c(F)c2)c1. The molecule has 41 heavy (non-hydrogen) atoms. The van der Waals surface area contributed by atoms with Gasteiger partial charge in [0.15, 0.2) is 0 Å². The lowest BCUT2D eigenvalue weighted by Gasteiger charge is -2.19. The van der Waals surface area contributed by atoms with Gasteiger partial charge in [-0.15, -0.1) is 0 Å². The molecule has 0 atom stereocenters. The van der Waals surface area contributed by atoms with Crippen molar-refractivity contribution in [2.45, 2.75) is 72.4 Å². The summed E-state index contributed by atoms with van der Waals surface area (Å²) in [5.41, 5.74) is 6.20. The molecule has 1 N–H and O–H groups in total. The second kappa shape index (κ2) is 13.2. The first-order valence-electron chi connectivity index (χ1n) is 14.3. The minimum atomic E-state index is -0.549. The lowest BCUT2D eigenvalue weighted by Crippen LogP contribution is -2.29. The van der Waals surface area contributed by atoms with Crippen LogP contribution in [-0.2, 0) is 27.3 Å². The first-order chi connectivity index (χ1) is 19.5. The molecule has 1 aliphatic rings. The first kappa shape index (κ1) is 30.1. The quantitative estimate of drug-likeness (QED) is 0.256. The zero-order valence-corrected chi connectivity index (χ0v) is 24.8. The number of esters is 1. The molecule has 1 aliphatic heterocycles. The van der Waals surface area contributed by atoms with E-state index in [2.05, 4.69) is 31.3 Å². The van der Waals surface area contributed by atoms with E-state index in [0.717, 1.165) is 46.5 Å². The fourth-order valence-electron chi connectivity index (χ4n) is 5.21. The number of hydrogen-bond acceptors (Lipinski definition) is 5. The number of amides is 1. The van der Waals surface area contributed by atoms with Crippen LogP contribution in [0.25, 0.3) is 11.1 Å². The second-order valence-electron chi connectivity index (χ2n) is 11.7. The van der Waals surface area contributed by atoms with E-state index in [-0.39, 0.29) is 24.1 Å². The van der Waals surface area contributed by atoms with Crippen LogP contribution in [0.3, 0.4) is 0 Å². The summed E-state index contributed by atoms with van der Waals surface area (Å²) in [5.74, 6) is 0.350. The molecule has 0 aromatic heterocycles. The Bertz CT molecular complexity index is 1370. The Labute approximate surface area is 242 Å². The molecule has 7 heteroatoms. The predicted molar refractivity (Wildman–Crippen MR) is 161 cm³/mol. The van der Waals surface area contributed by atoms with Crippen LogP contribution in [0.2, 0.25) is 0 Å². The van der Waals surface area contributed by atoms with Gasteiger partial charge in [-0.3, -0.25) is 9.59 Å². The van der Waals surface area contributed by atoms with Crippen LogP contribution in [0, 0.1) is 19.7 Å². The summed E-state index contributed by atoms with van der Waals surface area (Å²) in [5, 5.41) is 3.31. The van der Waals surface area contributed by atoms with Crippen LogP contribution in [-0.4, -0.2) is 42.1 Å². The maximum atomic E-state index is 14.7. The van der Waals surface area contributed by atoms with Crippen molar-refractivity contribution in [3.8, 4) is 16.9 Å². The van der Waals surface area contributed by atoms with Crippen molar-refractivity contribution in [2.75, 3.05) is 25.0 Å². The highest BCUT2D eigenvalue weighted by Gasteiger charge is 2.20. The molecule has 0 saturated carbocycles. The van der Waals surface area contributed by atoms with Crippen LogP contribution < -0.4 is 10.1 Å². The Kier molecular flexibility index (Phi) is 9.69. The van der Waals surface area contributed by atoms with Gasteiger partial charge in [0.2, 0.25) is 5.91 Å². The van der Waals surface area contributed by atoms with Crippen LogP contribution in [0.15, 0.2) is 54.6 Å². The smallest absolute Gasteiger partial charge is 0.306 e. The van der Waals surface area contributed by atoms with Crippen LogP contribution in [0.4, 0.5) is 10.1 Å². The number of ether oxygens (including phenoxy) is 2. The monoisotopic (exact) mass is 560 g/mol. The average Bonchev–Trinajstić information content (AvgIpc) is 3.30. The Morgan fingerprint density at radius 3 is 2.46 bits per heavy atom.